The lowest BCUT2D eigenvalue weighted by Crippen LogP contribution is -2.08. The summed E-state index contributed by atoms with van der Waals surface area (Å²) in [5, 5.41) is 12.7. The fourth-order valence-corrected chi connectivity index (χ4v) is 1.95. The Kier molecular flexibility index (Phi) is 4.02. The van der Waals surface area contributed by atoms with Gasteiger partial charge in [-0.05, 0) is 32.0 Å². The molecule has 0 aliphatic heterocycles. The lowest BCUT2D eigenvalue weighted by molar-refractivity contribution is -0.114. The van der Waals surface area contributed by atoms with Crippen molar-refractivity contribution in [2.45, 2.75) is 27.3 Å². The Balaban J connectivity index is 2.12. The van der Waals surface area contributed by atoms with E-state index in [4.69, 9.17) is 0 Å². The summed E-state index contributed by atoms with van der Waals surface area (Å²) >= 11 is 0. The minimum absolute atomic E-state index is 0.170. The predicted octanol–water partition coefficient (Wildman–Crippen LogP) is 2.74. The van der Waals surface area contributed by atoms with Gasteiger partial charge in [-0.2, -0.15) is 5.10 Å². The number of benzene rings is 1. The number of nitrogens with one attached hydrogen (secondary N) is 3. The minimum atomic E-state index is -0.457. The summed E-state index contributed by atoms with van der Waals surface area (Å²) in [5.41, 5.74) is 3.91. The number of anilines is 2. The number of hydrogen-bond donors (Lipinski definition) is 3. The molecule has 106 valence electrons. The number of hydrogen-bond acceptors (Lipinski definition) is 3. The second-order valence-corrected chi connectivity index (χ2v) is 4.64. The number of rotatable bonds is 4. The normalized spacial score (nSPS) is 10.4. The number of carbonyl (C=O) groups is 1. The third kappa shape index (κ3) is 3.14. The standard InChI is InChI=1S/C14H17FN4O/c1-8-12(9(2)19-18-8)7-16-11-4-5-13(15)14(6-11)17-10(3)20/h4-6,16H,7H2,1-3H3,(H,17,20)(H,18,19). The van der Waals surface area contributed by atoms with Crippen LogP contribution in [0, 0.1) is 19.7 Å². The molecule has 0 saturated heterocycles. The highest BCUT2D eigenvalue weighted by atomic mass is 19.1. The first-order valence-electron chi connectivity index (χ1n) is 6.29. The van der Waals surface area contributed by atoms with E-state index in [0.29, 0.717) is 6.54 Å². The second-order valence-electron chi connectivity index (χ2n) is 4.64. The molecule has 1 amide bonds. The number of aromatic amines is 1. The van der Waals surface area contributed by atoms with E-state index in [-0.39, 0.29) is 11.6 Å². The van der Waals surface area contributed by atoms with Crippen molar-refractivity contribution in [3.05, 3.63) is 41.0 Å². The highest BCUT2D eigenvalue weighted by Crippen LogP contribution is 2.21. The van der Waals surface area contributed by atoms with Gasteiger partial charge in [-0.1, -0.05) is 0 Å². The number of aryl methyl sites for hydroxylation is 2. The minimum Gasteiger partial charge on any atom is -0.381 e. The van der Waals surface area contributed by atoms with Crippen LogP contribution in [0.15, 0.2) is 18.2 Å². The Morgan fingerprint density at radius 2 is 2.15 bits per heavy atom. The molecule has 1 aromatic heterocycles. The van der Waals surface area contributed by atoms with Crippen LogP contribution in [0.3, 0.4) is 0 Å². The van der Waals surface area contributed by atoms with Crippen molar-refractivity contribution in [2.75, 3.05) is 10.6 Å². The van der Waals surface area contributed by atoms with Crippen LogP contribution < -0.4 is 10.6 Å². The molecule has 3 N–H and O–H groups in total. The number of aromatic nitrogens is 2. The molecule has 2 aromatic rings. The monoisotopic (exact) mass is 276 g/mol. The van der Waals surface area contributed by atoms with E-state index in [1.807, 2.05) is 13.8 Å². The van der Waals surface area contributed by atoms with Gasteiger partial charge in [0.2, 0.25) is 5.91 Å². The zero-order valence-electron chi connectivity index (χ0n) is 11.7. The maximum Gasteiger partial charge on any atom is 0.221 e. The van der Waals surface area contributed by atoms with Gasteiger partial charge in [0.1, 0.15) is 5.82 Å². The molecule has 0 radical (unpaired) electrons. The Hall–Kier alpha value is -2.37. The average molecular weight is 276 g/mol. The number of H-pyrrole nitrogens is 1. The number of halogens is 1. The van der Waals surface area contributed by atoms with Gasteiger partial charge in [-0.15, -0.1) is 0 Å². The van der Waals surface area contributed by atoms with E-state index in [1.54, 1.807) is 12.1 Å². The molecule has 0 unspecified atom stereocenters. The first-order valence-corrected chi connectivity index (χ1v) is 6.29. The van der Waals surface area contributed by atoms with Gasteiger partial charge >= 0.3 is 0 Å². The quantitative estimate of drug-likeness (QED) is 0.804. The Labute approximate surface area is 116 Å². The van der Waals surface area contributed by atoms with Crippen LogP contribution in [0.1, 0.15) is 23.9 Å². The van der Waals surface area contributed by atoms with Gasteiger partial charge in [-0.3, -0.25) is 9.89 Å². The maximum atomic E-state index is 13.5. The van der Waals surface area contributed by atoms with E-state index in [0.717, 1.165) is 22.6 Å². The molecule has 5 nitrogen and oxygen atoms in total. The SMILES string of the molecule is CC(=O)Nc1cc(NCc2c(C)n[nH]c2C)ccc1F. The Morgan fingerprint density at radius 3 is 2.75 bits per heavy atom. The topological polar surface area (TPSA) is 69.8 Å². The van der Waals surface area contributed by atoms with E-state index in [1.165, 1.54) is 13.0 Å². The first-order chi connectivity index (χ1) is 9.47. The molecule has 0 aliphatic carbocycles. The molecule has 0 saturated carbocycles. The van der Waals surface area contributed by atoms with Crippen molar-refractivity contribution in [3.63, 3.8) is 0 Å². The van der Waals surface area contributed by atoms with Crippen LogP contribution in [0.25, 0.3) is 0 Å². The Bertz CT molecular complexity index is 617. The Morgan fingerprint density at radius 1 is 1.40 bits per heavy atom. The largest absolute Gasteiger partial charge is 0.381 e. The number of carbonyl (C=O) groups excluding carboxylic acids is 1. The van der Waals surface area contributed by atoms with Crippen LogP contribution in [0.4, 0.5) is 15.8 Å². The molecular weight excluding hydrogens is 259 g/mol. The molecule has 2 rings (SSSR count). The van der Waals surface area contributed by atoms with Gasteiger partial charge in [0.15, 0.2) is 0 Å². The molecule has 1 heterocycles. The van der Waals surface area contributed by atoms with Gasteiger partial charge in [0, 0.05) is 30.4 Å². The number of nitrogens with zero attached hydrogens (tertiary/aromatic N) is 1. The third-order valence-electron chi connectivity index (χ3n) is 3.03. The van der Waals surface area contributed by atoms with Gasteiger partial charge in [0.05, 0.1) is 11.4 Å². The fraction of sp³-hybridized carbons (Fsp3) is 0.286. The zero-order chi connectivity index (χ0) is 14.7. The van der Waals surface area contributed by atoms with Gasteiger partial charge < -0.3 is 10.6 Å². The summed E-state index contributed by atoms with van der Waals surface area (Å²) in [5.74, 6) is -0.760. The molecule has 0 spiro atoms. The number of amides is 1. The smallest absolute Gasteiger partial charge is 0.221 e. The molecule has 0 bridgehead atoms. The lowest BCUT2D eigenvalue weighted by Gasteiger charge is -2.10. The van der Waals surface area contributed by atoms with Crippen LogP contribution in [0.2, 0.25) is 0 Å². The molecule has 6 heteroatoms. The summed E-state index contributed by atoms with van der Waals surface area (Å²) in [6.07, 6.45) is 0. The van der Waals surface area contributed by atoms with Crippen LogP contribution in [0.5, 0.6) is 0 Å². The van der Waals surface area contributed by atoms with E-state index in [9.17, 15) is 9.18 Å². The van der Waals surface area contributed by atoms with Crippen molar-refractivity contribution in [1.29, 1.82) is 0 Å². The van der Waals surface area contributed by atoms with Crippen LogP contribution in [-0.4, -0.2) is 16.1 Å². The van der Waals surface area contributed by atoms with Crippen molar-refractivity contribution in [2.24, 2.45) is 0 Å². The van der Waals surface area contributed by atoms with Crippen LogP contribution >= 0.6 is 0 Å². The van der Waals surface area contributed by atoms with Gasteiger partial charge in [0.25, 0.3) is 0 Å². The highest BCUT2D eigenvalue weighted by Gasteiger charge is 2.08. The first kappa shape index (κ1) is 14.0. The second kappa shape index (κ2) is 5.73. The van der Waals surface area contributed by atoms with Crippen molar-refractivity contribution < 1.29 is 9.18 Å². The lowest BCUT2D eigenvalue weighted by atomic mass is 10.2. The third-order valence-corrected chi connectivity index (χ3v) is 3.03. The fourth-order valence-electron chi connectivity index (χ4n) is 1.95. The zero-order valence-corrected chi connectivity index (χ0v) is 11.7. The molecule has 0 fully saturated rings. The highest BCUT2D eigenvalue weighted by molar-refractivity contribution is 5.89. The van der Waals surface area contributed by atoms with Crippen molar-refractivity contribution in [3.8, 4) is 0 Å². The average Bonchev–Trinajstić information content (AvgIpc) is 2.70. The van der Waals surface area contributed by atoms with Crippen LogP contribution in [-0.2, 0) is 11.3 Å². The van der Waals surface area contributed by atoms with E-state index < -0.39 is 5.82 Å². The molecule has 0 atom stereocenters. The summed E-state index contributed by atoms with van der Waals surface area (Å²) in [4.78, 5) is 11.0. The van der Waals surface area contributed by atoms with Crippen molar-refractivity contribution in [1.82, 2.24) is 10.2 Å². The summed E-state index contributed by atoms with van der Waals surface area (Å²) in [6.45, 7) is 5.80. The molecular formula is C14H17FN4O. The maximum absolute atomic E-state index is 13.5. The summed E-state index contributed by atoms with van der Waals surface area (Å²) in [7, 11) is 0. The molecule has 1 aromatic carbocycles. The van der Waals surface area contributed by atoms with Gasteiger partial charge in [-0.25, -0.2) is 4.39 Å². The molecule has 20 heavy (non-hydrogen) atoms. The summed E-state index contributed by atoms with van der Waals surface area (Å²) < 4.78 is 13.5. The molecule has 0 aliphatic rings. The van der Waals surface area contributed by atoms with E-state index >= 15 is 0 Å². The van der Waals surface area contributed by atoms with Crippen molar-refractivity contribution >= 4 is 17.3 Å². The van der Waals surface area contributed by atoms with E-state index in [2.05, 4.69) is 20.8 Å². The predicted molar refractivity (Wildman–Crippen MR) is 76.1 cm³/mol. The summed E-state index contributed by atoms with van der Waals surface area (Å²) in [6, 6.07) is 4.52.